The number of anilines is 2. The molecule has 1 saturated heterocycles. The van der Waals surface area contributed by atoms with Crippen LogP contribution in [0.5, 0.6) is 0 Å². The summed E-state index contributed by atoms with van der Waals surface area (Å²) < 4.78 is 25.3. The number of nitrogens with zero attached hydrogens (tertiary/aromatic N) is 2. The van der Waals surface area contributed by atoms with Crippen LogP contribution in [0.25, 0.3) is 0 Å². The van der Waals surface area contributed by atoms with Gasteiger partial charge in [-0.1, -0.05) is 0 Å². The molecule has 1 aromatic rings. The first-order valence-corrected chi connectivity index (χ1v) is 8.25. The van der Waals surface area contributed by atoms with E-state index in [0.29, 0.717) is 5.82 Å². The van der Waals surface area contributed by atoms with Gasteiger partial charge in [0.05, 0.1) is 0 Å². The van der Waals surface area contributed by atoms with Crippen molar-refractivity contribution in [3.63, 3.8) is 0 Å². The first-order chi connectivity index (χ1) is 8.80. The van der Waals surface area contributed by atoms with E-state index >= 15 is 0 Å². The molecule has 1 unspecified atom stereocenters. The van der Waals surface area contributed by atoms with E-state index < -0.39 is 9.84 Å². The third-order valence-corrected chi connectivity index (χ3v) is 4.31. The van der Waals surface area contributed by atoms with Gasteiger partial charge in [-0.2, -0.15) is 5.10 Å². The van der Waals surface area contributed by atoms with Crippen molar-refractivity contribution in [1.29, 1.82) is 0 Å². The zero-order valence-corrected chi connectivity index (χ0v) is 12.3. The second-order valence-electron chi connectivity index (χ2n) is 5.21. The van der Waals surface area contributed by atoms with E-state index in [9.17, 15) is 8.42 Å². The van der Waals surface area contributed by atoms with Gasteiger partial charge in [0.15, 0.2) is 20.6 Å². The van der Waals surface area contributed by atoms with Gasteiger partial charge in [0, 0.05) is 24.9 Å². The Hall–Kier alpha value is -1.28. The van der Waals surface area contributed by atoms with Gasteiger partial charge >= 0.3 is 0 Å². The number of nitrogens with two attached hydrogens (primary N) is 1. The lowest BCUT2D eigenvalue weighted by Crippen LogP contribution is -2.23. The highest BCUT2D eigenvalue weighted by Gasteiger charge is 2.27. The molecule has 0 amide bonds. The van der Waals surface area contributed by atoms with Gasteiger partial charge in [-0.15, -0.1) is 0 Å². The summed E-state index contributed by atoms with van der Waals surface area (Å²) >= 11 is 0. The van der Waals surface area contributed by atoms with Gasteiger partial charge in [0.25, 0.3) is 0 Å². The van der Waals surface area contributed by atoms with Crippen LogP contribution in [0.1, 0.15) is 26.3 Å². The first kappa shape index (κ1) is 14.1. The Morgan fingerprint density at radius 3 is 2.68 bits per heavy atom. The predicted molar refractivity (Wildman–Crippen MR) is 75.0 cm³/mol. The van der Waals surface area contributed by atoms with Crippen LogP contribution in [0.3, 0.4) is 0 Å². The summed E-state index contributed by atoms with van der Waals surface area (Å²) in [6.45, 7) is 5.55. The van der Waals surface area contributed by atoms with E-state index in [4.69, 9.17) is 5.73 Å². The standard InChI is InChI=1S/C11H21N5O2S/c1-7(2)16-10(12)9(19(3,17)18)11(15-16)14-8-4-5-13-6-8/h7-8,13H,4-6,12H2,1-3H3,(H,14,15). The summed E-state index contributed by atoms with van der Waals surface area (Å²) in [4.78, 5) is 0.105. The monoisotopic (exact) mass is 287 g/mol. The lowest BCUT2D eigenvalue weighted by Gasteiger charge is -2.11. The van der Waals surface area contributed by atoms with Crippen LogP contribution in [0, 0.1) is 0 Å². The van der Waals surface area contributed by atoms with E-state index in [-0.39, 0.29) is 22.8 Å². The van der Waals surface area contributed by atoms with E-state index in [2.05, 4.69) is 15.7 Å². The van der Waals surface area contributed by atoms with Crippen LogP contribution in [0.4, 0.5) is 11.6 Å². The van der Waals surface area contributed by atoms with Crippen molar-refractivity contribution in [3.8, 4) is 0 Å². The fourth-order valence-electron chi connectivity index (χ4n) is 2.26. The molecule has 0 spiro atoms. The third-order valence-electron chi connectivity index (χ3n) is 3.16. The average molecular weight is 287 g/mol. The van der Waals surface area contributed by atoms with Gasteiger partial charge in [-0.25, -0.2) is 13.1 Å². The summed E-state index contributed by atoms with van der Waals surface area (Å²) in [5, 5.41) is 10.7. The van der Waals surface area contributed by atoms with Gasteiger partial charge < -0.3 is 16.4 Å². The van der Waals surface area contributed by atoms with Crippen molar-refractivity contribution in [2.45, 2.75) is 37.2 Å². The number of nitrogen functional groups attached to an aromatic ring is 1. The topological polar surface area (TPSA) is 102 Å². The van der Waals surface area contributed by atoms with Crippen LogP contribution in [-0.2, 0) is 9.84 Å². The van der Waals surface area contributed by atoms with Gasteiger partial charge in [-0.05, 0) is 26.8 Å². The van der Waals surface area contributed by atoms with E-state index in [1.165, 1.54) is 0 Å². The molecule has 4 N–H and O–H groups in total. The first-order valence-electron chi connectivity index (χ1n) is 6.36. The average Bonchev–Trinajstić information content (AvgIpc) is 2.85. The normalized spacial score (nSPS) is 20.1. The molecule has 7 nitrogen and oxygen atoms in total. The molecule has 1 aromatic heterocycles. The molecule has 108 valence electrons. The van der Waals surface area contributed by atoms with Crippen molar-refractivity contribution >= 4 is 21.5 Å². The summed E-state index contributed by atoms with van der Waals surface area (Å²) in [7, 11) is -3.41. The van der Waals surface area contributed by atoms with Crippen LogP contribution < -0.4 is 16.4 Å². The molecule has 19 heavy (non-hydrogen) atoms. The van der Waals surface area contributed by atoms with Crippen LogP contribution >= 0.6 is 0 Å². The Bertz CT molecular complexity index is 558. The molecule has 1 aliphatic rings. The lowest BCUT2D eigenvalue weighted by molar-refractivity contribution is 0.540. The zero-order valence-electron chi connectivity index (χ0n) is 11.5. The smallest absolute Gasteiger partial charge is 0.182 e. The molecule has 2 heterocycles. The largest absolute Gasteiger partial charge is 0.383 e. The van der Waals surface area contributed by atoms with E-state index in [1.807, 2.05) is 13.8 Å². The molecule has 0 aliphatic carbocycles. The molecule has 0 aromatic carbocycles. The fourth-order valence-corrected chi connectivity index (χ4v) is 3.18. The number of sulfone groups is 1. The Morgan fingerprint density at radius 2 is 2.21 bits per heavy atom. The minimum absolute atomic E-state index is 0.0118. The van der Waals surface area contributed by atoms with Crippen molar-refractivity contribution < 1.29 is 8.42 Å². The molecule has 0 radical (unpaired) electrons. The molecule has 1 aliphatic heterocycles. The summed E-state index contributed by atoms with van der Waals surface area (Å²) in [5.74, 6) is 0.563. The quantitative estimate of drug-likeness (QED) is 0.732. The third kappa shape index (κ3) is 2.84. The highest BCUT2D eigenvalue weighted by atomic mass is 32.2. The predicted octanol–water partition coefficient (Wildman–Crippen LogP) is 0.224. The molecule has 8 heteroatoms. The Morgan fingerprint density at radius 1 is 1.53 bits per heavy atom. The second kappa shape index (κ2) is 5.01. The molecule has 0 saturated carbocycles. The van der Waals surface area contributed by atoms with Gasteiger partial charge in [0.1, 0.15) is 5.82 Å². The SMILES string of the molecule is CC(C)n1nc(NC2CCNC2)c(S(C)(=O)=O)c1N. The Labute approximate surface area is 113 Å². The van der Waals surface area contributed by atoms with Crippen molar-refractivity contribution in [1.82, 2.24) is 15.1 Å². The molecule has 0 bridgehead atoms. The molecule has 1 fully saturated rings. The maximum atomic E-state index is 11.9. The minimum Gasteiger partial charge on any atom is -0.383 e. The number of hydrogen-bond acceptors (Lipinski definition) is 6. The minimum atomic E-state index is -3.41. The van der Waals surface area contributed by atoms with Crippen molar-refractivity contribution in [2.75, 3.05) is 30.4 Å². The summed E-state index contributed by atoms with van der Waals surface area (Å²) in [5.41, 5.74) is 5.93. The van der Waals surface area contributed by atoms with Gasteiger partial charge in [0.2, 0.25) is 0 Å². The zero-order chi connectivity index (χ0) is 14.2. The number of rotatable bonds is 4. The molecular formula is C11H21N5O2S. The summed E-state index contributed by atoms with van der Waals surface area (Å²) in [6, 6.07) is 0.202. The maximum Gasteiger partial charge on any atom is 0.182 e. The van der Waals surface area contributed by atoms with Crippen LogP contribution in [-0.4, -0.2) is 43.6 Å². The number of aromatic nitrogens is 2. The number of nitrogens with one attached hydrogen (secondary N) is 2. The van der Waals surface area contributed by atoms with Crippen LogP contribution in [0.15, 0.2) is 4.90 Å². The molecular weight excluding hydrogens is 266 g/mol. The number of hydrogen-bond donors (Lipinski definition) is 3. The lowest BCUT2D eigenvalue weighted by atomic mass is 10.2. The highest BCUT2D eigenvalue weighted by molar-refractivity contribution is 7.91. The summed E-state index contributed by atoms with van der Waals surface area (Å²) in [6.07, 6.45) is 2.10. The molecule has 1 atom stereocenters. The van der Waals surface area contributed by atoms with Crippen molar-refractivity contribution in [3.05, 3.63) is 0 Å². The van der Waals surface area contributed by atoms with Gasteiger partial charge in [-0.3, -0.25) is 0 Å². The van der Waals surface area contributed by atoms with Crippen LogP contribution in [0.2, 0.25) is 0 Å². The highest BCUT2D eigenvalue weighted by Crippen LogP contribution is 2.30. The van der Waals surface area contributed by atoms with E-state index in [1.54, 1.807) is 4.68 Å². The van der Waals surface area contributed by atoms with E-state index in [0.717, 1.165) is 25.8 Å². The Balaban J connectivity index is 2.43. The maximum absolute atomic E-state index is 11.9. The fraction of sp³-hybridized carbons (Fsp3) is 0.727. The van der Waals surface area contributed by atoms with Crippen molar-refractivity contribution in [2.24, 2.45) is 0 Å². The molecule has 2 rings (SSSR count). The Kier molecular flexibility index (Phi) is 3.73. The second-order valence-corrected chi connectivity index (χ2v) is 7.16.